The number of rotatable bonds is 6. The second kappa shape index (κ2) is 8.56. The van der Waals surface area contributed by atoms with Gasteiger partial charge in [0.2, 0.25) is 5.91 Å². The minimum absolute atomic E-state index is 0.156. The van der Waals surface area contributed by atoms with E-state index in [1.54, 1.807) is 17.8 Å². The van der Waals surface area contributed by atoms with Crippen molar-refractivity contribution in [3.8, 4) is 0 Å². The van der Waals surface area contributed by atoms with E-state index in [1.807, 2.05) is 30.3 Å². The van der Waals surface area contributed by atoms with Gasteiger partial charge in [-0.05, 0) is 24.3 Å². The summed E-state index contributed by atoms with van der Waals surface area (Å²) in [6.07, 6.45) is 1.53. The lowest BCUT2D eigenvalue weighted by atomic mass is 10.2. The van der Waals surface area contributed by atoms with E-state index >= 15 is 0 Å². The molecule has 0 bridgehead atoms. The van der Waals surface area contributed by atoms with Gasteiger partial charge in [0.25, 0.3) is 0 Å². The van der Waals surface area contributed by atoms with Crippen molar-refractivity contribution < 1.29 is 9.18 Å². The molecule has 3 nitrogen and oxygen atoms in total. The minimum atomic E-state index is -0.481. The van der Waals surface area contributed by atoms with Gasteiger partial charge in [-0.15, -0.1) is 11.8 Å². The number of hydrogen-bond acceptors (Lipinski definition) is 3. The molecule has 0 aliphatic heterocycles. The average Bonchev–Trinajstić information content (AvgIpc) is 2.51. The van der Waals surface area contributed by atoms with Crippen molar-refractivity contribution in [1.29, 1.82) is 0 Å². The Hall–Kier alpha value is -1.85. The number of nitrogens with zero attached hydrogens (tertiary/aromatic N) is 1. The molecule has 0 unspecified atom stereocenters. The molecule has 114 valence electrons. The lowest BCUT2D eigenvalue weighted by Gasteiger charge is -2.02. The summed E-state index contributed by atoms with van der Waals surface area (Å²) in [5.74, 6) is -0.0662. The summed E-state index contributed by atoms with van der Waals surface area (Å²) in [5, 5.41) is 3.98. The van der Waals surface area contributed by atoms with E-state index in [2.05, 4.69) is 10.5 Å². The number of halogens is 2. The van der Waals surface area contributed by atoms with Gasteiger partial charge in [0.15, 0.2) is 0 Å². The molecule has 0 saturated carbocycles. The Morgan fingerprint density at radius 2 is 2.00 bits per heavy atom. The Labute approximate surface area is 137 Å². The van der Waals surface area contributed by atoms with Gasteiger partial charge in [0.1, 0.15) is 5.82 Å². The van der Waals surface area contributed by atoms with Crippen LogP contribution in [0.1, 0.15) is 12.0 Å². The summed E-state index contributed by atoms with van der Waals surface area (Å²) in [4.78, 5) is 12.7. The summed E-state index contributed by atoms with van der Waals surface area (Å²) in [5.41, 5.74) is 2.52. The van der Waals surface area contributed by atoms with Gasteiger partial charge in [-0.3, -0.25) is 4.79 Å². The number of thioether (sulfide) groups is 1. The number of benzene rings is 2. The summed E-state index contributed by atoms with van der Waals surface area (Å²) >= 11 is 7.44. The Kier molecular flexibility index (Phi) is 6.43. The maximum absolute atomic E-state index is 13.5. The molecule has 0 aromatic heterocycles. The quantitative estimate of drug-likeness (QED) is 0.490. The Balaban J connectivity index is 1.77. The highest BCUT2D eigenvalue weighted by atomic mass is 35.5. The summed E-state index contributed by atoms with van der Waals surface area (Å²) in [6, 6.07) is 14.2. The molecule has 2 aromatic carbocycles. The molecule has 0 saturated heterocycles. The predicted molar refractivity (Wildman–Crippen MR) is 88.9 cm³/mol. The minimum Gasteiger partial charge on any atom is -0.273 e. The fourth-order valence-electron chi connectivity index (χ4n) is 1.64. The van der Waals surface area contributed by atoms with E-state index < -0.39 is 5.82 Å². The molecule has 0 spiro atoms. The summed E-state index contributed by atoms with van der Waals surface area (Å²) < 4.78 is 13.5. The summed E-state index contributed by atoms with van der Waals surface area (Å²) in [7, 11) is 0. The van der Waals surface area contributed by atoms with Crippen molar-refractivity contribution in [2.75, 3.05) is 5.75 Å². The normalized spacial score (nSPS) is 10.8. The van der Waals surface area contributed by atoms with E-state index in [4.69, 9.17) is 11.6 Å². The Bertz CT molecular complexity index is 644. The third kappa shape index (κ3) is 5.16. The maximum atomic E-state index is 13.5. The van der Waals surface area contributed by atoms with Crippen LogP contribution in [-0.2, 0) is 4.79 Å². The van der Waals surface area contributed by atoms with Crippen LogP contribution in [0.4, 0.5) is 4.39 Å². The molecule has 1 amide bonds. The average molecular weight is 337 g/mol. The van der Waals surface area contributed by atoms with Gasteiger partial charge in [-0.25, -0.2) is 9.82 Å². The number of carbonyl (C=O) groups excluding carboxylic acids is 1. The SMILES string of the molecule is O=C(CCSc1ccccc1)N/N=C/c1c(F)cccc1Cl. The van der Waals surface area contributed by atoms with Crippen molar-refractivity contribution in [3.63, 3.8) is 0 Å². The van der Waals surface area contributed by atoms with Crippen LogP contribution >= 0.6 is 23.4 Å². The van der Waals surface area contributed by atoms with Crippen LogP contribution in [0.25, 0.3) is 0 Å². The topological polar surface area (TPSA) is 41.5 Å². The van der Waals surface area contributed by atoms with E-state index in [9.17, 15) is 9.18 Å². The van der Waals surface area contributed by atoms with Gasteiger partial charge in [-0.2, -0.15) is 5.10 Å². The molecule has 0 atom stereocenters. The number of carbonyl (C=O) groups is 1. The zero-order valence-corrected chi connectivity index (χ0v) is 13.2. The van der Waals surface area contributed by atoms with Crippen molar-refractivity contribution >= 4 is 35.5 Å². The lowest BCUT2D eigenvalue weighted by molar-refractivity contribution is -0.120. The second-order valence-electron chi connectivity index (χ2n) is 4.34. The van der Waals surface area contributed by atoms with Crippen molar-refractivity contribution in [1.82, 2.24) is 5.43 Å². The standard InChI is InChI=1S/C16H14ClFN2OS/c17-14-7-4-8-15(18)13(14)11-19-20-16(21)9-10-22-12-5-2-1-3-6-12/h1-8,11H,9-10H2,(H,20,21)/b19-11+. The largest absolute Gasteiger partial charge is 0.273 e. The Morgan fingerprint density at radius 3 is 2.73 bits per heavy atom. The Morgan fingerprint density at radius 1 is 1.23 bits per heavy atom. The maximum Gasteiger partial charge on any atom is 0.240 e. The molecule has 2 rings (SSSR count). The molecular weight excluding hydrogens is 323 g/mol. The van der Waals surface area contributed by atoms with Crippen LogP contribution in [-0.4, -0.2) is 17.9 Å². The van der Waals surface area contributed by atoms with E-state index in [0.29, 0.717) is 12.2 Å². The van der Waals surface area contributed by atoms with Crippen LogP contribution in [0.3, 0.4) is 0 Å². The number of nitrogens with one attached hydrogen (secondary N) is 1. The molecule has 6 heteroatoms. The van der Waals surface area contributed by atoms with Crippen LogP contribution in [0.5, 0.6) is 0 Å². The fraction of sp³-hybridized carbons (Fsp3) is 0.125. The molecule has 0 heterocycles. The number of hydrogen-bond donors (Lipinski definition) is 1. The third-order valence-corrected chi connectivity index (χ3v) is 4.07. The fourth-order valence-corrected chi connectivity index (χ4v) is 2.72. The first-order valence-electron chi connectivity index (χ1n) is 6.60. The molecule has 2 aromatic rings. The van der Waals surface area contributed by atoms with Gasteiger partial charge in [-0.1, -0.05) is 35.9 Å². The van der Waals surface area contributed by atoms with Gasteiger partial charge < -0.3 is 0 Å². The lowest BCUT2D eigenvalue weighted by Crippen LogP contribution is -2.18. The van der Waals surface area contributed by atoms with E-state index in [0.717, 1.165) is 4.90 Å². The smallest absolute Gasteiger partial charge is 0.240 e. The molecule has 0 aliphatic carbocycles. The third-order valence-electron chi connectivity index (χ3n) is 2.72. The molecule has 0 radical (unpaired) electrons. The van der Waals surface area contributed by atoms with Crippen LogP contribution in [0.2, 0.25) is 5.02 Å². The van der Waals surface area contributed by atoms with Crippen LogP contribution < -0.4 is 5.43 Å². The molecule has 22 heavy (non-hydrogen) atoms. The first kappa shape index (κ1) is 16.5. The monoisotopic (exact) mass is 336 g/mol. The number of hydrazone groups is 1. The van der Waals surface area contributed by atoms with Crippen molar-refractivity contribution in [2.24, 2.45) is 5.10 Å². The van der Waals surface area contributed by atoms with Gasteiger partial charge in [0.05, 0.1) is 11.2 Å². The van der Waals surface area contributed by atoms with Crippen molar-refractivity contribution in [2.45, 2.75) is 11.3 Å². The summed E-state index contributed by atoms with van der Waals surface area (Å²) in [6.45, 7) is 0. The zero-order valence-electron chi connectivity index (χ0n) is 11.6. The van der Waals surface area contributed by atoms with Gasteiger partial charge in [0, 0.05) is 22.6 Å². The first-order valence-corrected chi connectivity index (χ1v) is 7.97. The zero-order chi connectivity index (χ0) is 15.8. The molecular formula is C16H14ClFN2OS. The molecule has 1 N–H and O–H groups in total. The molecule has 0 aliphatic rings. The highest BCUT2D eigenvalue weighted by Crippen LogP contribution is 2.18. The molecule has 0 fully saturated rings. The van der Waals surface area contributed by atoms with Crippen LogP contribution in [0.15, 0.2) is 58.5 Å². The van der Waals surface area contributed by atoms with Crippen LogP contribution in [0, 0.1) is 5.82 Å². The van der Waals surface area contributed by atoms with E-state index in [-0.39, 0.29) is 16.5 Å². The highest BCUT2D eigenvalue weighted by Gasteiger charge is 2.04. The second-order valence-corrected chi connectivity index (χ2v) is 5.92. The predicted octanol–water partition coefficient (Wildman–Crippen LogP) is 4.11. The van der Waals surface area contributed by atoms with E-state index in [1.165, 1.54) is 18.3 Å². The van der Waals surface area contributed by atoms with Crippen molar-refractivity contribution in [3.05, 3.63) is 64.9 Å². The number of amides is 1. The van der Waals surface area contributed by atoms with Gasteiger partial charge >= 0.3 is 0 Å². The first-order chi connectivity index (χ1) is 10.7. The highest BCUT2D eigenvalue weighted by molar-refractivity contribution is 7.99.